The first kappa shape index (κ1) is 19.2. The first-order valence-corrected chi connectivity index (χ1v) is 10.5. The molecule has 1 N–H and O–H groups in total. The predicted octanol–water partition coefficient (Wildman–Crippen LogP) is 3.03. The Bertz CT molecular complexity index is 882. The second kappa shape index (κ2) is 8.50. The fourth-order valence-electron chi connectivity index (χ4n) is 4.55. The molecule has 1 aromatic carbocycles. The van der Waals surface area contributed by atoms with Crippen molar-refractivity contribution >= 4 is 0 Å². The standard InChI is InChI=1S/C23H31N3O2/c1-24-20(16-26-13-10-18-8-4-5-9-19(18)15-26)14-22(27)23(28)21(24)17-25-11-6-2-3-7-12-25/h4-5,8-9,14,28H,2-3,6-7,10-13,15-17H2,1H3. The molecule has 0 spiro atoms. The van der Waals surface area contributed by atoms with Crippen molar-refractivity contribution in [3.8, 4) is 5.75 Å². The number of rotatable bonds is 4. The fourth-order valence-corrected chi connectivity index (χ4v) is 4.55. The summed E-state index contributed by atoms with van der Waals surface area (Å²) in [6, 6.07) is 10.2. The fraction of sp³-hybridized carbons (Fsp3) is 0.522. The van der Waals surface area contributed by atoms with Crippen molar-refractivity contribution in [2.45, 2.75) is 51.7 Å². The summed E-state index contributed by atoms with van der Waals surface area (Å²) in [6.45, 7) is 5.36. The molecule has 2 aliphatic heterocycles. The molecular formula is C23H31N3O2. The summed E-state index contributed by atoms with van der Waals surface area (Å²) >= 11 is 0. The highest BCUT2D eigenvalue weighted by atomic mass is 16.3. The third-order valence-electron chi connectivity index (χ3n) is 6.31. The summed E-state index contributed by atoms with van der Waals surface area (Å²) in [6.07, 6.45) is 5.99. The Morgan fingerprint density at radius 2 is 1.64 bits per heavy atom. The van der Waals surface area contributed by atoms with Crippen LogP contribution in [0.15, 0.2) is 35.1 Å². The van der Waals surface area contributed by atoms with Gasteiger partial charge in [0.2, 0.25) is 5.43 Å². The van der Waals surface area contributed by atoms with Gasteiger partial charge in [-0.3, -0.25) is 14.6 Å². The number of hydrogen-bond acceptors (Lipinski definition) is 4. The highest BCUT2D eigenvalue weighted by Gasteiger charge is 2.20. The molecule has 0 aliphatic carbocycles. The second-order valence-corrected chi connectivity index (χ2v) is 8.27. The zero-order valence-electron chi connectivity index (χ0n) is 16.9. The van der Waals surface area contributed by atoms with Crippen molar-refractivity contribution in [3.05, 3.63) is 63.1 Å². The minimum Gasteiger partial charge on any atom is -0.503 e. The van der Waals surface area contributed by atoms with Gasteiger partial charge in [-0.25, -0.2) is 0 Å². The summed E-state index contributed by atoms with van der Waals surface area (Å²) in [5.41, 5.74) is 4.28. The van der Waals surface area contributed by atoms with Gasteiger partial charge in [-0.05, 0) is 43.5 Å². The smallest absolute Gasteiger partial charge is 0.223 e. The van der Waals surface area contributed by atoms with Gasteiger partial charge in [0, 0.05) is 45.0 Å². The number of likely N-dealkylation sites (tertiary alicyclic amines) is 1. The zero-order valence-corrected chi connectivity index (χ0v) is 16.9. The topological polar surface area (TPSA) is 48.7 Å². The van der Waals surface area contributed by atoms with Gasteiger partial charge in [0.05, 0.1) is 5.69 Å². The molecule has 4 rings (SSSR count). The van der Waals surface area contributed by atoms with E-state index in [1.54, 1.807) is 6.07 Å². The van der Waals surface area contributed by atoms with E-state index in [1.807, 2.05) is 11.6 Å². The van der Waals surface area contributed by atoms with Gasteiger partial charge in [0.1, 0.15) is 0 Å². The Morgan fingerprint density at radius 3 is 2.39 bits per heavy atom. The molecule has 5 nitrogen and oxygen atoms in total. The molecule has 0 amide bonds. The van der Waals surface area contributed by atoms with Crippen molar-refractivity contribution < 1.29 is 5.11 Å². The molecule has 0 saturated carbocycles. The van der Waals surface area contributed by atoms with E-state index in [1.165, 1.54) is 36.8 Å². The van der Waals surface area contributed by atoms with Crippen LogP contribution >= 0.6 is 0 Å². The Balaban J connectivity index is 1.54. The van der Waals surface area contributed by atoms with E-state index in [0.29, 0.717) is 6.54 Å². The van der Waals surface area contributed by atoms with Crippen LogP contribution < -0.4 is 5.43 Å². The molecular weight excluding hydrogens is 350 g/mol. The van der Waals surface area contributed by atoms with Crippen LogP contribution in [0.4, 0.5) is 0 Å². The lowest BCUT2D eigenvalue weighted by Crippen LogP contribution is -2.33. The average molecular weight is 382 g/mol. The quantitative estimate of drug-likeness (QED) is 0.884. The molecule has 3 heterocycles. The number of pyridine rings is 1. The summed E-state index contributed by atoms with van der Waals surface area (Å²) in [7, 11) is 1.99. The van der Waals surface area contributed by atoms with Gasteiger partial charge in [-0.1, -0.05) is 37.1 Å². The van der Waals surface area contributed by atoms with Crippen LogP contribution in [0, 0.1) is 0 Å². The van der Waals surface area contributed by atoms with Crippen LogP contribution in [0.25, 0.3) is 0 Å². The summed E-state index contributed by atoms with van der Waals surface area (Å²) in [5.74, 6) is -0.0838. The first-order chi connectivity index (χ1) is 13.6. The number of nitrogens with zero attached hydrogens (tertiary/aromatic N) is 3. The minimum absolute atomic E-state index is 0.0838. The van der Waals surface area contributed by atoms with Gasteiger partial charge in [0.15, 0.2) is 5.75 Å². The number of aromatic hydroxyl groups is 1. The molecule has 5 heteroatoms. The molecule has 0 bridgehead atoms. The average Bonchev–Trinajstić information content (AvgIpc) is 2.98. The number of benzene rings is 1. The molecule has 1 fully saturated rings. The highest BCUT2D eigenvalue weighted by Crippen LogP contribution is 2.22. The van der Waals surface area contributed by atoms with Crippen molar-refractivity contribution in [3.63, 3.8) is 0 Å². The third kappa shape index (κ3) is 4.15. The molecule has 0 atom stereocenters. The van der Waals surface area contributed by atoms with Gasteiger partial charge in [0.25, 0.3) is 0 Å². The van der Waals surface area contributed by atoms with Crippen LogP contribution in [-0.2, 0) is 33.1 Å². The predicted molar refractivity (Wildman–Crippen MR) is 111 cm³/mol. The Labute approximate surface area is 167 Å². The van der Waals surface area contributed by atoms with Crippen LogP contribution in [-0.4, -0.2) is 39.1 Å². The molecule has 0 radical (unpaired) electrons. The third-order valence-corrected chi connectivity index (χ3v) is 6.31. The lowest BCUT2D eigenvalue weighted by Gasteiger charge is -2.30. The molecule has 2 aliphatic rings. The van der Waals surface area contributed by atoms with Crippen LogP contribution in [0.5, 0.6) is 5.75 Å². The first-order valence-electron chi connectivity index (χ1n) is 10.5. The Kier molecular flexibility index (Phi) is 5.83. The van der Waals surface area contributed by atoms with Crippen LogP contribution in [0.1, 0.15) is 48.2 Å². The van der Waals surface area contributed by atoms with E-state index in [-0.39, 0.29) is 11.2 Å². The second-order valence-electron chi connectivity index (χ2n) is 8.27. The molecule has 2 aromatic rings. The monoisotopic (exact) mass is 381 g/mol. The van der Waals surface area contributed by atoms with Gasteiger partial charge in [-0.2, -0.15) is 0 Å². The van der Waals surface area contributed by atoms with E-state index in [0.717, 1.165) is 50.5 Å². The maximum absolute atomic E-state index is 12.5. The number of hydrogen-bond donors (Lipinski definition) is 1. The lowest BCUT2D eigenvalue weighted by atomic mass is 10.00. The summed E-state index contributed by atoms with van der Waals surface area (Å²) in [4.78, 5) is 17.2. The zero-order chi connectivity index (χ0) is 19.5. The maximum Gasteiger partial charge on any atom is 0.223 e. The Hall–Kier alpha value is -2.11. The number of fused-ring (bicyclic) bond motifs is 1. The van der Waals surface area contributed by atoms with E-state index in [4.69, 9.17) is 0 Å². The minimum atomic E-state index is -0.254. The summed E-state index contributed by atoms with van der Waals surface area (Å²) in [5, 5.41) is 10.5. The SMILES string of the molecule is Cn1c(CN2CCc3ccccc3C2)cc(=O)c(O)c1CN1CCCCCC1. The van der Waals surface area contributed by atoms with Gasteiger partial charge in [-0.15, -0.1) is 0 Å². The van der Waals surface area contributed by atoms with E-state index < -0.39 is 0 Å². The van der Waals surface area contributed by atoms with Crippen LogP contribution in [0.3, 0.4) is 0 Å². The normalized spacial score (nSPS) is 18.6. The van der Waals surface area contributed by atoms with Crippen molar-refractivity contribution in [2.75, 3.05) is 19.6 Å². The van der Waals surface area contributed by atoms with E-state index >= 15 is 0 Å². The largest absolute Gasteiger partial charge is 0.503 e. The van der Waals surface area contributed by atoms with Crippen molar-refractivity contribution in [2.24, 2.45) is 7.05 Å². The molecule has 28 heavy (non-hydrogen) atoms. The highest BCUT2D eigenvalue weighted by molar-refractivity contribution is 5.31. The van der Waals surface area contributed by atoms with Gasteiger partial charge >= 0.3 is 0 Å². The van der Waals surface area contributed by atoms with Crippen molar-refractivity contribution in [1.82, 2.24) is 14.4 Å². The Morgan fingerprint density at radius 1 is 0.929 bits per heavy atom. The molecule has 0 unspecified atom stereocenters. The molecule has 150 valence electrons. The maximum atomic E-state index is 12.5. The number of aromatic nitrogens is 1. The van der Waals surface area contributed by atoms with Crippen molar-refractivity contribution in [1.29, 1.82) is 0 Å². The molecule has 1 saturated heterocycles. The summed E-state index contributed by atoms with van der Waals surface area (Å²) < 4.78 is 2.04. The van der Waals surface area contributed by atoms with E-state index in [2.05, 4.69) is 34.1 Å². The lowest BCUT2D eigenvalue weighted by molar-refractivity contribution is 0.235. The van der Waals surface area contributed by atoms with E-state index in [9.17, 15) is 9.90 Å². The van der Waals surface area contributed by atoms with Gasteiger partial charge < -0.3 is 9.67 Å². The molecule has 1 aromatic heterocycles. The van der Waals surface area contributed by atoms with Crippen LogP contribution in [0.2, 0.25) is 0 Å².